The molecule has 9 nitrogen and oxygen atoms in total. The van der Waals surface area contributed by atoms with E-state index in [9.17, 15) is 4.79 Å². The molecule has 34 heavy (non-hydrogen) atoms. The topological polar surface area (TPSA) is 114 Å². The molecule has 1 aliphatic rings. The summed E-state index contributed by atoms with van der Waals surface area (Å²) >= 11 is 13.4. The van der Waals surface area contributed by atoms with Crippen LogP contribution in [0.1, 0.15) is 19.8 Å². The SMILES string of the molecule is CCCCOc1cc(OC)c(Cl)c(-c2cc3cnc(N)nc3n(CCOC3CNC3)c2=O)c1Cl. The molecular weight excluding hydrogens is 481 g/mol. The van der Waals surface area contributed by atoms with E-state index < -0.39 is 0 Å². The number of aromatic nitrogens is 3. The number of unbranched alkanes of at least 4 members (excludes halogenated alkanes) is 1. The first kappa shape index (κ1) is 24.5. The van der Waals surface area contributed by atoms with E-state index in [-0.39, 0.29) is 39.8 Å². The van der Waals surface area contributed by atoms with Crippen LogP contribution in [-0.2, 0) is 11.3 Å². The lowest BCUT2D eigenvalue weighted by molar-refractivity contribution is 0.0149. The molecule has 0 unspecified atom stereocenters. The first-order valence-electron chi connectivity index (χ1n) is 11.1. The van der Waals surface area contributed by atoms with Crippen molar-refractivity contribution in [1.82, 2.24) is 19.9 Å². The Balaban J connectivity index is 1.85. The van der Waals surface area contributed by atoms with Gasteiger partial charge in [0.15, 0.2) is 0 Å². The molecule has 0 amide bonds. The van der Waals surface area contributed by atoms with Gasteiger partial charge in [0.1, 0.15) is 17.1 Å². The summed E-state index contributed by atoms with van der Waals surface area (Å²) in [7, 11) is 1.50. The van der Waals surface area contributed by atoms with Gasteiger partial charge in [-0.25, -0.2) is 4.98 Å². The average molecular weight is 508 g/mol. The highest BCUT2D eigenvalue weighted by Gasteiger charge is 2.24. The van der Waals surface area contributed by atoms with Gasteiger partial charge in [0.2, 0.25) is 5.95 Å². The molecule has 3 aromatic rings. The van der Waals surface area contributed by atoms with Gasteiger partial charge in [0, 0.05) is 36.3 Å². The summed E-state index contributed by atoms with van der Waals surface area (Å²) in [5.74, 6) is 0.821. The number of nitrogens with two attached hydrogens (primary N) is 1. The molecular formula is C23H27Cl2N5O4. The van der Waals surface area contributed by atoms with Crippen molar-refractivity contribution >= 4 is 40.2 Å². The molecule has 1 saturated heterocycles. The molecule has 0 atom stereocenters. The lowest BCUT2D eigenvalue weighted by Gasteiger charge is -2.27. The molecule has 0 bridgehead atoms. The molecule has 0 radical (unpaired) electrons. The number of methoxy groups -OCH3 is 1. The third-order valence-electron chi connectivity index (χ3n) is 5.64. The van der Waals surface area contributed by atoms with Gasteiger partial charge in [-0.2, -0.15) is 4.98 Å². The van der Waals surface area contributed by atoms with E-state index in [1.165, 1.54) is 11.7 Å². The molecule has 1 aliphatic heterocycles. The van der Waals surface area contributed by atoms with Crippen LogP contribution in [0.4, 0.5) is 5.95 Å². The number of nitrogens with zero attached hydrogens (tertiary/aromatic N) is 3. The van der Waals surface area contributed by atoms with Crippen molar-refractivity contribution in [1.29, 1.82) is 0 Å². The van der Waals surface area contributed by atoms with Gasteiger partial charge in [0.05, 0.1) is 48.6 Å². The Morgan fingerprint density at radius 2 is 1.97 bits per heavy atom. The van der Waals surface area contributed by atoms with E-state index in [4.69, 9.17) is 43.1 Å². The number of hydrogen-bond acceptors (Lipinski definition) is 8. The zero-order valence-electron chi connectivity index (χ0n) is 19.1. The van der Waals surface area contributed by atoms with Crippen LogP contribution in [-0.4, -0.2) is 54.1 Å². The van der Waals surface area contributed by atoms with Crippen LogP contribution in [0, 0.1) is 0 Å². The zero-order chi connectivity index (χ0) is 24.2. The van der Waals surface area contributed by atoms with Crippen LogP contribution in [0.15, 0.2) is 23.1 Å². The van der Waals surface area contributed by atoms with Crippen LogP contribution in [0.3, 0.4) is 0 Å². The van der Waals surface area contributed by atoms with Crippen LogP contribution >= 0.6 is 23.2 Å². The molecule has 182 valence electrons. The first-order chi connectivity index (χ1) is 16.4. The monoisotopic (exact) mass is 507 g/mol. The van der Waals surface area contributed by atoms with E-state index in [1.807, 2.05) is 0 Å². The molecule has 0 aliphatic carbocycles. The summed E-state index contributed by atoms with van der Waals surface area (Å²) < 4.78 is 18.7. The number of nitrogens with one attached hydrogen (secondary N) is 1. The molecule has 11 heteroatoms. The van der Waals surface area contributed by atoms with E-state index in [1.54, 1.807) is 18.3 Å². The maximum atomic E-state index is 13.7. The number of halogens is 2. The average Bonchev–Trinajstić information content (AvgIpc) is 2.79. The summed E-state index contributed by atoms with van der Waals surface area (Å²) in [6, 6.07) is 3.29. The molecule has 2 aromatic heterocycles. The smallest absolute Gasteiger partial charge is 0.260 e. The molecule has 3 N–H and O–H groups in total. The third kappa shape index (κ3) is 4.93. The van der Waals surface area contributed by atoms with Crippen LogP contribution in [0.5, 0.6) is 11.5 Å². The van der Waals surface area contributed by atoms with Crippen molar-refractivity contribution < 1.29 is 14.2 Å². The van der Waals surface area contributed by atoms with Gasteiger partial charge in [-0.1, -0.05) is 36.5 Å². The second kappa shape index (κ2) is 10.8. The molecule has 0 spiro atoms. The van der Waals surface area contributed by atoms with E-state index >= 15 is 0 Å². The highest BCUT2D eigenvalue weighted by atomic mass is 35.5. The number of ether oxygens (including phenoxy) is 3. The molecule has 1 fully saturated rings. The maximum Gasteiger partial charge on any atom is 0.260 e. The predicted octanol–water partition coefficient (Wildman–Crippen LogP) is 3.52. The summed E-state index contributed by atoms with van der Waals surface area (Å²) in [6.45, 7) is 4.73. The largest absolute Gasteiger partial charge is 0.495 e. The van der Waals surface area contributed by atoms with Crippen molar-refractivity contribution in [3.63, 3.8) is 0 Å². The van der Waals surface area contributed by atoms with E-state index in [2.05, 4.69) is 22.2 Å². The number of fused-ring (bicyclic) bond motifs is 1. The van der Waals surface area contributed by atoms with Gasteiger partial charge in [-0.15, -0.1) is 0 Å². The van der Waals surface area contributed by atoms with E-state index in [0.717, 1.165) is 25.9 Å². The Morgan fingerprint density at radius 3 is 2.65 bits per heavy atom. The van der Waals surface area contributed by atoms with Gasteiger partial charge in [0.25, 0.3) is 5.56 Å². The Hall–Kier alpha value is -2.59. The highest BCUT2D eigenvalue weighted by Crippen LogP contribution is 2.45. The Bertz CT molecular complexity index is 1250. The summed E-state index contributed by atoms with van der Waals surface area (Å²) in [6.07, 6.45) is 3.52. The number of anilines is 1. The fourth-order valence-corrected chi connectivity index (χ4v) is 4.34. The minimum absolute atomic E-state index is 0.0709. The number of pyridine rings is 1. The lowest BCUT2D eigenvalue weighted by atomic mass is 10.0. The molecule has 4 rings (SSSR count). The summed E-state index contributed by atoms with van der Waals surface area (Å²) in [4.78, 5) is 22.1. The third-order valence-corrected chi connectivity index (χ3v) is 6.39. The lowest BCUT2D eigenvalue weighted by Crippen LogP contribution is -2.48. The second-order valence-electron chi connectivity index (χ2n) is 7.95. The van der Waals surface area contributed by atoms with Gasteiger partial charge in [-0.3, -0.25) is 9.36 Å². The van der Waals surface area contributed by atoms with Crippen molar-refractivity contribution in [2.45, 2.75) is 32.4 Å². The Morgan fingerprint density at radius 1 is 1.21 bits per heavy atom. The predicted molar refractivity (Wildman–Crippen MR) is 133 cm³/mol. The van der Waals surface area contributed by atoms with Crippen molar-refractivity contribution in [3.8, 4) is 22.6 Å². The second-order valence-corrected chi connectivity index (χ2v) is 8.71. The van der Waals surface area contributed by atoms with E-state index in [0.29, 0.717) is 41.3 Å². The summed E-state index contributed by atoms with van der Waals surface area (Å²) in [5.41, 5.74) is 6.49. The normalized spacial score (nSPS) is 13.8. The molecule has 3 heterocycles. The summed E-state index contributed by atoms with van der Waals surface area (Å²) in [5, 5.41) is 4.21. The standard InChI is InChI=1S/C23H27Cl2N5O4/c1-3-4-6-34-17-9-16(32-2)19(24)18(20(17)25)15-8-13-10-28-23(26)29-21(13)30(22(15)31)5-7-33-14-11-27-12-14/h8-10,14,27H,3-7,11-12H2,1-2H3,(H2,26,28,29). The Labute approximate surface area is 207 Å². The minimum Gasteiger partial charge on any atom is -0.495 e. The number of nitrogen functional groups attached to an aromatic ring is 1. The van der Waals surface area contributed by atoms with Crippen molar-refractivity contribution in [2.24, 2.45) is 0 Å². The fourth-order valence-electron chi connectivity index (χ4n) is 3.65. The molecule has 0 saturated carbocycles. The number of rotatable bonds is 10. The first-order valence-corrected chi connectivity index (χ1v) is 11.9. The van der Waals surface area contributed by atoms with Gasteiger partial charge < -0.3 is 25.3 Å². The maximum absolute atomic E-state index is 13.7. The molecule has 1 aromatic carbocycles. The fraction of sp³-hybridized carbons (Fsp3) is 0.435. The van der Waals surface area contributed by atoms with Crippen molar-refractivity contribution in [2.75, 3.05) is 39.1 Å². The van der Waals surface area contributed by atoms with Gasteiger partial charge >= 0.3 is 0 Å². The van der Waals surface area contributed by atoms with Crippen LogP contribution in [0.2, 0.25) is 10.0 Å². The Kier molecular flexibility index (Phi) is 7.77. The highest BCUT2D eigenvalue weighted by molar-refractivity contribution is 6.41. The van der Waals surface area contributed by atoms with Crippen molar-refractivity contribution in [3.05, 3.63) is 38.7 Å². The van der Waals surface area contributed by atoms with Crippen LogP contribution in [0.25, 0.3) is 22.2 Å². The van der Waals surface area contributed by atoms with Crippen LogP contribution < -0.4 is 26.1 Å². The quantitative estimate of drug-likeness (QED) is 0.400. The zero-order valence-corrected chi connectivity index (χ0v) is 20.6. The number of hydrogen-bond donors (Lipinski definition) is 2. The van der Waals surface area contributed by atoms with Gasteiger partial charge in [-0.05, 0) is 12.5 Å². The number of benzene rings is 1. The minimum atomic E-state index is -0.336.